The van der Waals surface area contributed by atoms with Gasteiger partial charge in [0.15, 0.2) is 0 Å². The second-order valence-corrected chi connectivity index (χ2v) is 4.29. The van der Waals surface area contributed by atoms with E-state index < -0.39 is 0 Å². The van der Waals surface area contributed by atoms with E-state index in [1.54, 1.807) is 13.2 Å². The molecule has 0 spiro atoms. The van der Waals surface area contributed by atoms with E-state index in [9.17, 15) is 4.39 Å². The molecular weight excluding hydrogens is 263 g/mol. The summed E-state index contributed by atoms with van der Waals surface area (Å²) in [5.41, 5.74) is 1.66. The van der Waals surface area contributed by atoms with Gasteiger partial charge in [-0.05, 0) is 22.0 Å². The first-order chi connectivity index (χ1) is 7.20. The first-order valence-electron chi connectivity index (χ1n) is 4.70. The maximum Gasteiger partial charge on any atom is 0.139 e. The van der Waals surface area contributed by atoms with Crippen molar-refractivity contribution in [3.8, 4) is 0 Å². The molecule has 0 amide bonds. The minimum absolute atomic E-state index is 0.0965. The van der Waals surface area contributed by atoms with Crippen LogP contribution < -0.4 is 10.6 Å². The van der Waals surface area contributed by atoms with E-state index in [2.05, 4.69) is 26.6 Å². The van der Waals surface area contributed by atoms with Crippen LogP contribution in [0.25, 0.3) is 0 Å². The summed E-state index contributed by atoms with van der Waals surface area (Å²) in [6.07, 6.45) is 0.0965. The fraction of sp³-hybridized carbons (Fsp3) is 0.400. The van der Waals surface area contributed by atoms with Crippen molar-refractivity contribution in [1.82, 2.24) is 0 Å². The smallest absolute Gasteiger partial charge is 0.139 e. The molecule has 82 valence electrons. The molecule has 0 bridgehead atoms. The Kier molecular flexibility index (Phi) is 3.11. The lowest BCUT2D eigenvalue weighted by Gasteiger charge is -2.11. The van der Waals surface area contributed by atoms with Gasteiger partial charge in [0.2, 0.25) is 0 Å². The molecule has 0 radical (unpaired) electrons. The molecule has 2 N–H and O–H groups in total. The third-order valence-corrected chi connectivity index (χ3v) is 3.04. The van der Waals surface area contributed by atoms with E-state index in [4.69, 9.17) is 4.74 Å². The zero-order valence-electron chi connectivity index (χ0n) is 8.31. The zero-order valence-corrected chi connectivity index (χ0v) is 9.90. The number of benzene rings is 1. The predicted molar refractivity (Wildman–Crippen MR) is 61.9 cm³/mol. The second-order valence-electron chi connectivity index (χ2n) is 3.43. The van der Waals surface area contributed by atoms with Crippen molar-refractivity contribution in [2.75, 3.05) is 30.8 Å². The average molecular weight is 275 g/mol. The molecule has 1 aliphatic heterocycles. The van der Waals surface area contributed by atoms with Gasteiger partial charge in [0.25, 0.3) is 0 Å². The Bertz CT molecular complexity index is 340. The van der Waals surface area contributed by atoms with Crippen LogP contribution in [0.3, 0.4) is 0 Å². The summed E-state index contributed by atoms with van der Waals surface area (Å²) in [6.45, 7) is 1.39. The lowest BCUT2D eigenvalue weighted by molar-refractivity contribution is 0.124. The highest BCUT2D eigenvalue weighted by Crippen LogP contribution is 2.30. The number of rotatable bonds is 1. The fourth-order valence-corrected chi connectivity index (χ4v) is 1.87. The van der Waals surface area contributed by atoms with E-state index in [0.29, 0.717) is 17.6 Å². The molecule has 0 saturated carbocycles. The maximum atomic E-state index is 13.3. The van der Waals surface area contributed by atoms with Gasteiger partial charge in [-0.1, -0.05) is 0 Å². The Hall–Kier alpha value is -0.810. The van der Waals surface area contributed by atoms with Crippen molar-refractivity contribution < 1.29 is 9.13 Å². The van der Waals surface area contributed by atoms with Crippen molar-refractivity contribution in [2.45, 2.75) is 6.10 Å². The average Bonchev–Trinajstić information content (AvgIpc) is 2.42. The van der Waals surface area contributed by atoms with Gasteiger partial charge in [0, 0.05) is 26.3 Å². The van der Waals surface area contributed by atoms with Crippen LogP contribution in [0.2, 0.25) is 0 Å². The molecule has 3 nitrogen and oxygen atoms in total. The van der Waals surface area contributed by atoms with Crippen molar-refractivity contribution in [2.24, 2.45) is 0 Å². The molecule has 1 aromatic rings. The number of fused-ring (bicyclic) bond motifs is 1. The van der Waals surface area contributed by atoms with Crippen LogP contribution in [0.4, 0.5) is 15.8 Å². The van der Waals surface area contributed by atoms with Crippen LogP contribution in [0.15, 0.2) is 16.6 Å². The Morgan fingerprint density at radius 2 is 1.93 bits per heavy atom. The summed E-state index contributed by atoms with van der Waals surface area (Å²) in [4.78, 5) is 0. The summed E-state index contributed by atoms with van der Waals surface area (Å²) in [7, 11) is 1.67. The monoisotopic (exact) mass is 274 g/mol. The first-order valence-corrected chi connectivity index (χ1v) is 5.49. The second kappa shape index (κ2) is 4.37. The van der Waals surface area contributed by atoms with Gasteiger partial charge in [-0.15, -0.1) is 0 Å². The van der Waals surface area contributed by atoms with E-state index >= 15 is 0 Å². The number of nitrogens with one attached hydrogen (secondary N) is 2. The summed E-state index contributed by atoms with van der Waals surface area (Å²) in [6, 6.07) is 3.21. The largest absolute Gasteiger partial charge is 0.381 e. The summed E-state index contributed by atoms with van der Waals surface area (Å²) < 4.78 is 19.0. The third-order valence-electron chi connectivity index (χ3n) is 2.43. The van der Waals surface area contributed by atoms with Crippen LogP contribution in [0, 0.1) is 5.82 Å². The van der Waals surface area contributed by atoms with E-state index in [1.165, 1.54) is 6.07 Å². The highest BCUT2D eigenvalue weighted by Gasteiger charge is 2.16. The van der Waals surface area contributed by atoms with Gasteiger partial charge < -0.3 is 15.4 Å². The molecule has 0 fully saturated rings. The van der Waals surface area contributed by atoms with Gasteiger partial charge in [0.1, 0.15) is 5.82 Å². The quantitative estimate of drug-likeness (QED) is 0.826. The molecular formula is C10H12BrFN2O. The van der Waals surface area contributed by atoms with E-state index in [1.807, 2.05) is 0 Å². The Balaban J connectivity index is 2.27. The molecule has 1 atom stereocenters. The predicted octanol–water partition coefficient (Wildman–Crippen LogP) is 2.44. The molecule has 1 unspecified atom stereocenters. The van der Waals surface area contributed by atoms with Gasteiger partial charge in [-0.3, -0.25) is 0 Å². The molecule has 2 rings (SSSR count). The Morgan fingerprint density at radius 1 is 1.33 bits per heavy atom. The molecule has 15 heavy (non-hydrogen) atoms. The number of hydrogen-bond acceptors (Lipinski definition) is 3. The van der Waals surface area contributed by atoms with Crippen LogP contribution in [0.5, 0.6) is 0 Å². The van der Waals surface area contributed by atoms with Crippen molar-refractivity contribution in [1.29, 1.82) is 0 Å². The van der Waals surface area contributed by atoms with Crippen LogP contribution >= 0.6 is 15.9 Å². The third kappa shape index (κ3) is 2.23. The molecule has 0 saturated heterocycles. The van der Waals surface area contributed by atoms with Crippen molar-refractivity contribution >= 4 is 27.3 Å². The summed E-state index contributed by atoms with van der Waals surface area (Å²) in [5, 5.41) is 6.36. The number of ether oxygens (including phenoxy) is 1. The molecule has 1 aromatic carbocycles. The van der Waals surface area contributed by atoms with Crippen molar-refractivity contribution in [3.05, 3.63) is 22.4 Å². The lowest BCUT2D eigenvalue weighted by Crippen LogP contribution is -2.26. The molecule has 0 aliphatic carbocycles. The van der Waals surface area contributed by atoms with Gasteiger partial charge in [-0.25, -0.2) is 4.39 Å². The molecule has 1 heterocycles. The van der Waals surface area contributed by atoms with Crippen LogP contribution in [0.1, 0.15) is 0 Å². The number of halogens is 2. The minimum Gasteiger partial charge on any atom is -0.381 e. The highest BCUT2D eigenvalue weighted by atomic mass is 79.9. The molecule has 0 aromatic heterocycles. The molecule has 1 aliphatic rings. The van der Waals surface area contributed by atoms with Crippen LogP contribution in [-0.4, -0.2) is 26.3 Å². The normalized spacial score (nSPS) is 19.8. The fourth-order valence-electron chi connectivity index (χ4n) is 1.53. The van der Waals surface area contributed by atoms with Gasteiger partial charge in [-0.2, -0.15) is 0 Å². The van der Waals surface area contributed by atoms with Gasteiger partial charge in [0.05, 0.1) is 22.0 Å². The maximum absolute atomic E-state index is 13.3. The lowest BCUT2D eigenvalue weighted by atomic mass is 10.2. The first kappa shape index (κ1) is 10.7. The standard InChI is InChI=1S/C10H12BrFN2O/c1-15-6-4-13-9-2-7(11)8(12)3-10(9)14-5-6/h2-3,6,13-14H,4-5H2,1H3. The number of methoxy groups -OCH3 is 1. The van der Waals surface area contributed by atoms with Crippen molar-refractivity contribution in [3.63, 3.8) is 0 Å². The summed E-state index contributed by atoms with van der Waals surface area (Å²) >= 11 is 3.16. The minimum atomic E-state index is -0.265. The zero-order chi connectivity index (χ0) is 10.8. The molecule has 5 heteroatoms. The SMILES string of the molecule is COC1CNc2cc(F)c(Br)cc2NC1. The number of anilines is 2. The Labute approximate surface area is 96.1 Å². The van der Waals surface area contributed by atoms with E-state index in [-0.39, 0.29) is 11.9 Å². The van der Waals surface area contributed by atoms with Crippen LogP contribution in [-0.2, 0) is 4.74 Å². The van der Waals surface area contributed by atoms with E-state index in [0.717, 1.165) is 11.4 Å². The van der Waals surface area contributed by atoms with Gasteiger partial charge >= 0.3 is 0 Å². The highest BCUT2D eigenvalue weighted by molar-refractivity contribution is 9.10. The number of hydrogen-bond donors (Lipinski definition) is 2. The topological polar surface area (TPSA) is 33.3 Å². The summed E-state index contributed by atoms with van der Waals surface area (Å²) in [5.74, 6) is -0.265. The Morgan fingerprint density at radius 3 is 2.53 bits per heavy atom.